The van der Waals surface area contributed by atoms with Crippen LogP contribution in [0.5, 0.6) is 0 Å². The van der Waals surface area contributed by atoms with Crippen LogP contribution in [-0.2, 0) is 11.3 Å². The molecule has 0 radical (unpaired) electrons. The Balaban J connectivity index is 1.76. The van der Waals surface area contributed by atoms with E-state index in [1.165, 1.54) is 4.90 Å². The molecule has 0 bridgehead atoms. The van der Waals surface area contributed by atoms with Crippen LogP contribution in [0.2, 0.25) is 0 Å². The molecule has 2 aliphatic heterocycles. The van der Waals surface area contributed by atoms with E-state index in [0.29, 0.717) is 12.6 Å². The molecule has 1 aromatic rings. The number of carbonyl (C=O) groups is 2. The van der Waals surface area contributed by atoms with Crippen LogP contribution in [0.4, 0.5) is 4.79 Å². The Morgan fingerprint density at radius 2 is 1.75 bits per heavy atom. The average Bonchev–Trinajstić information content (AvgIpc) is 2.79. The van der Waals surface area contributed by atoms with Gasteiger partial charge in [0.05, 0.1) is 6.54 Å². The largest absolute Gasteiger partial charge is 0.327 e. The molecule has 130 valence electrons. The fraction of sp³-hybridized carbons (Fsp3) is 0.579. The quantitative estimate of drug-likeness (QED) is 0.798. The molecule has 2 saturated heterocycles. The number of hydrogen-bond donors (Lipinski definition) is 0. The summed E-state index contributed by atoms with van der Waals surface area (Å²) in [6.07, 6.45) is 2.56. The number of rotatable bonds is 4. The average molecular weight is 329 g/mol. The van der Waals surface area contributed by atoms with Crippen LogP contribution >= 0.6 is 0 Å². The summed E-state index contributed by atoms with van der Waals surface area (Å²) in [4.78, 5) is 31.3. The highest BCUT2D eigenvalue weighted by Gasteiger charge is 2.56. The third-order valence-corrected chi connectivity index (χ3v) is 5.83. The number of likely N-dealkylation sites (tertiary alicyclic amines) is 1. The molecule has 1 spiro atoms. The van der Waals surface area contributed by atoms with E-state index in [1.807, 2.05) is 30.3 Å². The minimum Gasteiger partial charge on any atom is -0.312 e. The molecule has 5 nitrogen and oxygen atoms in total. The zero-order chi connectivity index (χ0) is 17.3. The summed E-state index contributed by atoms with van der Waals surface area (Å²) < 4.78 is 0. The maximum Gasteiger partial charge on any atom is 0.327 e. The first-order valence-electron chi connectivity index (χ1n) is 8.87. The molecule has 1 aromatic carbocycles. The molecule has 2 aliphatic rings. The van der Waals surface area contributed by atoms with E-state index in [4.69, 9.17) is 0 Å². The van der Waals surface area contributed by atoms with Gasteiger partial charge in [0.1, 0.15) is 5.54 Å². The third kappa shape index (κ3) is 2.71. The Bertz CT molecular complexity index is 608. The topological polar surface area (TPSA) is 43.9 Å². The van der Waals surface area contributed by atoms with Crippen molar-refractivity contribution in [1.29, 1.82) is 0 Å². The maximum absolute atomic E-state index is 13.1. The molecule has 0 aliphatic carbocycles. The van der Waals surface area contributed by atoms with Crippen molar-refractivity contribution in [1.82, 2.24) is 14.7 Å². The summed E-state index contributed by atoms with van der Waals surface area (Å²) in [7, 11) is 1.78. The normalized spacial score (nSPS) is 22.5. The van der Waals surface area contributed by atoms with Crippen molar-refractivity contribution >= 4 is 11.9 Å². The van der Waals surface area contributed by atoms with E-state index in [9.17, 15) is 9.59 Å². The van der Waals surface area contributed by atoms with Crippen LogP contribution in [0.1, 0.15) is 38.7 Å². The first-order valence-corrected chi connectivity index (χ1v) is 8.87. The molecule has 1 atom stereocenters. The van der Waals surface area contributed by atoms with E-state index in [1.54, 1.807) is 11.9 Å². The van der Waals surface area contributed by atoms with Crippen LogP contribution in [0, 0.1) is 0 Å². The van der Waals surface area contributed by atoms with Crippen molar-refractivity contribution in [3.05, 3.63) is 35.9 Å². The smallest absolute Gasteiger partial charge is 0.312 e. The summed E-state index contributed by atoms with van der Waals surface area (Å²) >= 11 is 0. The number of piperidine rings is 1. The van der Waals surface area contributed by atoms with Crippen LogP contribution in [0.15, 0.2) is 30.3 Å². The van der Waals surface area contributed by atoms with E-state index < -0.39 is 5.54 Å². The lowest BCUT2D eigenvalue weighted by molar-refractivity contribution is -0.135. The highest BCUT2D eigenvalue weighted by atomic mass is 16.2. The van der Waals surface area contributed by atoms with Gasteiger partial charge in [-0.05, 0) is 31.7 Å². The standard InChI is InChI=1S/C19H27N3O2/c1-4-15(2)21-12-10-19(11-13-21)17(23)22(18(24)20(19)3)14-16-8-6-5-7-9-16/h5-9,15H,4,10-14H2,1-3H3. The van der Waals surface area contributed by atoms with Crippen LogP contribution in [0.3, 0.4) is 0 Å². The van der Waals surface area contributed by atoms with Gasteiger partial charge < -0.3 is 9.80 Å². The van der Waals surface area contributed by atoms with E-state index in [-0.39, 0.29) is 11.9 Å². The molecular weight excluding hydrogens is 302 g/mol. The third-order valence-electron chi connectivity index (χ3n) is 5.83. The number of carbonyl (C=O) groups excluding carboxylic acids is 2. The lowest BCUT2D eigenvalue weighted by Crippen LogP contribution is -2.56. The monoisotopic (exact) mass is 329 g/mol. The van der Waals surface area contributed by atoms with E-state index >= 15 is 0 Å². The number of hydrogen-bond acceptors (Lipinski definition) is 3. The van der Waals surface area contributed by atoms with Crippen LogP contribution in [-0.4, -0.2) is 58.4 Å². The molecule has 3 rings (SSSR count). The first kappa shape index (κ1) is 17.0. The summed E-state index contributed by atoms with van der Waals surface area (Å²) in [5.74, 6) is -0.0253. The molecule has 0 aromatic heterocycles. The fourth-order valence-electron chi connectivity index (χ4n) is 3.89. The molecule has 5 heteroatoms. The van der Waals surface area contributed by atoms with Gasteiger partial charge in [-0.3, -0.25) is 9.69 Å². The number of urea groups is 1. The Hall–Kier alpha value is -1.88. The summed E-state index contributed by atoms with van der Waals surface area (Å²) in [6.45, 7) is 6.52. The van der Waals surface area contributed by atoms with E-state index in [2.05, 4.69) is 18.7 Å². The number of likely N-dealkylation sites (N-methyl/N-ethyl adjacent to an activating group) is 1. The highest BCUT2D eigenvalue weighted by molar-refractivity contribution is 6.06. The Morgan fingerprint density at radius 3 is 2.33 bits per heavy atom. The van der Waals surface area contributed by atoms with Gasteiger partial charge in [0.2, 0.25) is 0 Å². The molecule has 3 amide bonds. The molecule has 2 heterocycles. The number of amides is 3. The second-order valence-corrected chi connectivity index (χ2v) is 7.04. The van der Waals surface area contributed by atoms with Crippen LogP contribution < -0.4 is 0 Å². The van der Waals surface area contributed by atoms with Crippen molar-refractivity contribution in [2.24, 2.45) is 0 Å². The summed E-state index contributed by atoms with van der Waals surface area (Å²) in [5, 5.41) is 0. The lowest BCUT2D eigenvalue weighted by Gasteiger charge is -2.42. The minimum absolute atomic E-state index is 0.0253. The SMILES string of the molecule is CCC(C)N1CCC2(CC1)C(=O)N(Cc1ccccc1)C(=O)N2C. The second kappa shape index (κ2) is 6.55. The minimum atomic E-state index is -0.643. The fourth-order valence-corrected chi connectivity index (χ4v) is 3.89. The molecule has 24 heavy (non-hydrogen) atoms. The molecule has 1 unspecified atom stereocenters. The van der Waals surface area contributed by atoms with Crippen molar-refractivity contribution in [3.8, 4) is 0 Å². The van der Waals surface area contributed by atoms with Crippen molar-refractivity contribution in [2.45, 2.75) is 51.2 Å². The lowest BCUT2D eigenvalue weighted by atomic mass is 9.85. The van der Waals surface area contributed by atoms with Crippen molar-refractivity contribution in [2.75, 3.05) is 20.1 Å². The zero-order valence-electron chi connectivity index (χ0n) is 14.9. The summed E-state index contributed by atoms with van der Waals surface area (Å²) in [5.41, 5.74) is 0.345. The predicted octanol–water partition coefficient (Wildman–Crippen LogP) is 2.71. The highest BCUT2D eigenvalue weighted by Crippen LogP contribution is 2.37. The van der Waals surface area contributed by atoms with Crippen molar-refractivity contribution < 1.29 is 9.59 Å². The first-order chi connectivity index (χ1) is 11.5. The second-order valence-electron chi connectivity index (χ2n) is 7.04. The number of imide groups is 1. The molecule has 0 saturated carbocycles. The Morgan fingerprint density at radius 1 is 1.12 bits per heavy atom. The maximum atomic E-state index is 13.1. The van der Waals surface area contributed by atoms with Gasteiger partial charge in [0.25, 0.3) is 5.91 Å². The summed E-state index contributed by atoms with van der Waals surface area (Å²) in [6, 6.07) is 10.1. The van der Waals surface area contributed by atoms with Gasteiger partial charge in [-0.1, -0.05) is 37.3 Å². The molecular formula is C19H27N3O2. The van der Waals surface area contributed by atoms with E-state index in [0.717, 1.165) is 37.9 Å². The Kier molecular flexibility index (Phi) is 4.63. The zero-order valence-corrected chi connectivity index (χ0v) is 14.9. The van der Waals surface area contributed by atoms with Gasteiger partial charge >= 0.3 is 6.03 Å². The molecule has 2 fully saturated rings. The van der Waals surface area contributed by atoms with Crippen molar-refractivity contribution in [3.63, 3.8) is 0 Å². The number of nitrogens with zero attached hydrogens (tertiary/aromatic N) is 3. The predicted molar refractivity (Wildman–Crippen MR) is 93.4 cm³/mol. The van der Waals surface area contributed by atoms with Gasteiger partial charge in [-0.15, -0.1) is 0 Å². The van der Waals surface area contributed by atoms with Gasteiger partial charge in [0, 0.05) is 26.2 Å². The van der Waals surface area contributed by atoms with Gasteiger partial charge in [-0.2, -0.15) is 0 Å². The molecule has 0 N–H and O–H groups in total. The van der Waals surface area contributed by atoms with Gasteiger partial charge in [-0.25, -0.2) is 4.79 Å². The Labute approximate surface area is 144 Å². The number of benzene rings is 1. The van der Waals surface area contributed by atoms with Gasteiger partial charge in [0.15, 0.2) is 0 Å². The van der Waals surface area contributed by atoms with Crippen LogP contribution in [0.25, 0.3) is 0 Å².